The Hall–Kier alpha value is -3.76. The average Bonchev–Trinajstić information content (AvgIpc) is 3.44. The summed E-state index contributed by atoms with van der Waals surface area (Å²) < 4.78 is 0. The number of nitrogens with zero attached hydrogens (tertiary/aromatic N) is 3. The van der Waals surface area contributed by atoms with Crippen molar-refractivity contribution in [3.8, 4) is 10.6 Å². The molecule has 0 saturated carbocycles. The molecule has 2 aromatic heterocycles. The van der Waals surface area contributed by atoms with E-state index in [1.807, 2.05) is 56.5 Å². The van der Waals surface area contributed by atoms with E-state index in [0.29, 0.717) is 10.6 Å². The number of non-ortho nitro benzene ring substituents is 1. The fourth-order valence-corrected chi connectivity index (χ4v) is 5.61. The Morgan fingerprint density at radius 3 is 2.50 bits per heavy atom. The molecule has 0 spiro atoms. The van der Waals surface area contributed by atoms with Gasteiger partial charge in [-0.25, -0.2) is 9.97 Å². The van der Waals surface area contributed by atoms with E-state index in [1.54, 1.807) is 11.3 Å². The lowest BCUT2D eigenvalue weighted by Gasteiger charge is -2.14. The van der Waals surface area contributed by atoms with Crippen molar-refractivity contribution in [2.45, 2.75) is 39.7 Å². The van der Waals surface area contributed by atoms with Crippen molar-refractivity contribution in [3.05, 3.63) is 96.4 Å². The van der Waals surface area contributed by atoms with Crippen molar-refractivity contribution >= 4 is 40.1 Å². The Labute approximate surface area is 216 Å². The summed E-state index contributed by atoms with van der Waals surface area (Å²) in [7, 11) is 0. The molecule has 1 N–H and O–H groups in total. The molecule has 36 heavy (non-hydrogen) atoms. The minimum atomic E-state index is -0.558. The van der Waals surface area contributed by atoms with Gasteiger partial charge in [0.25, 0.3) is 11.6 Å². The second kappa shape index (κ2) is 10.9. The number of aryl methyl sites for hydroxylation is 2. The molecule has 0 aliphatic rings. The van der Waals surface area contributed by atoms with Crippen molar-refractivity contribution in [2.75, 3.05) is 0 Å². The van der Waals surface area contributed by atoms with E-state index in [1.165, 1.54) is 29.5 Å². The smallest absolute Gasteiger partial charge is 0.270 e. The topological polar surface area (TPSA) is 115 Å². The number of nitro benzene ring substituents is 1. The van der Waals surface area contributed by atoms with Crippen LogP contribution in [0, 0.1) is 24.0 Å². The summed E-state index contributed by atoms with van der Waals surface area (Å²) in [5, 5.41) is 17.9. The van der Waals surface area contributed by atoms with Crippen molar-refractivity contribution < 1.29 is 14.5 Å². The monoisotopic (exact) mass is 520 g/mol. The van der Waals surface area contributed by atoms with Crippen LogP contribution in [0.1, 0.15) is 50.2 Å². The number of ketones is 1. The maximum absolute atomic E-state index is 12.9. The second-order valence-electron chi connectivity index (χ2n) is 8.42. The summed E-state index contributed by atoms with van der Waals surface area (Å²) in [5.74, 6) is -0.582. The van der Waals surface area contributed by atoms with Crippen LogP contribution in [0.25, 0.3) is 10.6 Å². The van der Waals surface area contributed by atoms with Gasteiger partial charge in [0.05, 0.1) is 38.7 Å². The summed E-state index contributed by atoms with van der Waals surface area (Å²) in [4.78, 5) is 46.6. The predicted octanol–water partition coefficient (Wildman–Crippen LogP) is 5.64. The maximum Gasteiger partial charge on any atom is 0.270 e. The molecule has 0 unspecified atom stereocenters. The zero-order chi connectivity index (χ0) is 25.8. The van der Waals surface area contributed by atoms with E-state index in [0.717, 1.165) is 26.8 Å². The normalized spacial score (nSPS) is 11.8. The molecule has 0 saturated heterocycles. The van der Waals surface area contributed by atoms with Gasteiger partial charge in [-0.1, -0.05) is 30.3 Å². The van der Waals surface area contributed by atoms with Crippen LogP contribution in [0.3, 0.4) is 0 Å². The second-order valence-corrected chi connectivity index (χ2v) is 10.6. The number of amides is 1. The highest BCUT2D eigenvalue weighted by molar-refractivity contribution is 7.16. The van der Waals surface area contributed by atoms with Crippen LogP contribution in [0.5, 0.6) is 0 Å². The lowest BCUT2D eigenvalue weighted by Crippen LogP contribution is -2.26. The first-order valence-electron chi connectivity index (χ1n) is 11.2. The SMILES string of the molecule is Cc1nc(C)c(-c2csc(CC(=O)Cc3cc(C(=O)N[C@@H](C)c4ccccc4)cc([N+](=O)[O-])c3)n2)s1. The van der Waals surface area contributed by atoms with Gasteiger partial charge in [-0.15, -0.1) is 22.7 Å². The molecule has 0 bridgehead atoms. The number of hydrogen-bond donors (Lipinski definition) is 1. The van der Waals surface area contributed by atoms with E-state index in [4.69, 9.17) is 0 Å². The van der Waals surface area contributed by atoms with Gasteiger partial charge in [0.15, 0.2) is 0 Å². The Morgan fingerprint density at radius 2 is 1.83 bits per heavy atom. The number of nitro groups is 1. The number of nitrogens with one attached hydrogen (secondary N) is 1. The Bertz CT molecular complexity index is 1430. The molecule has 0 fully saturated rings. The summed E-state index contributed by atoms with van der Waals surface area (Å²) in [6.07, 6.45) is 0.0700. The maximum atomic E-state index is 12.9. The first kappa shape index (κ1) is 25.3. The fourth-order valence-electron chi connectivity index (χ4n) is 3.84. The van der Waals surface area contributed by atoms with E-state index >= 15 is 0 Å². The molecule has 10 heteroatoms. The van der Waals surface area contributed by atoms with Gasteiger partial charge in [-0.05, 0) is 38.0 Å². The molecule has 4 aromatic rings. The van der Waals surface area contributed by atoms with Gasteiger partial charge in [-0.2, -0.15) is 0 Å². The molecular weight excluding hydrogens is 496 g/mol. The first-order valence-corrected chi connectivity index (χ1v) is 12.9. The van der Waals surface area contributed by atoms with Crippen LogP contribution < -0.4 is 5.32 Å². The number of carbonyl (C=O) groups is 2. The Kier molecular flexibility index (Phi) is 7.66. The highest BCUT2D eigenvalue weighted by Gasteiger charge is 2.19. The van der Waals surface area contributed by atoms with Crippen LogP contribution >= 0.6 is 22.7 Å². The molecule has 1 amide bonds. The van der Waals surface area contributed by atoms with Gasteiger partial charge in [0, 0.05) is 29.5 Å². The van der Waals surface area contributed by atoms with E-state index in [2.05, 4.69) is 15.3 Å². The standard InChI is InChI=1S/C26H24N4O4S2/c1-15(19-7-5-4-6-8-19)28-26(32)20-9-18(10-21(12-20)30(33)34)11-22(31)13-24-29-23(14-35-24)25-16(2)27-17(3)36-25/h4-10,12,14-15H,11,13H2,1-3H3,(H,28,32)/t15-/m0/s1. The van der Waals surface area contributed by atoms with Crippen LogP contribution in [0.4, 0.5) is 5.69 Å². The van der Waals surface area contributed by atoms with Crippen LogP contribution in [0.2, 0.25) is 0 Å². The highest BCUT2D eigenvalue weighted by Crippen LogP contribution is 2.31. The third-order valence-electron chi connectivity index (χ3n) is 5.54. The van der Waals surface area contributed by atoms with Crippen LogP contribution in [0.15, 0.2) is 53.9 Å². The molecule has 4 rings (SSSR count). The largest absolute Gasteiger partial charge is 0.346 e. The van der Waals surface area contributed by atoms with Gasteiger partial charge in [-0.3, -0.25) is 19.7 Å². The highest BCUT2D eigenvalue weighted by atomic mass is 32.1. The molecule has 2 heterocycles. The number of Topliss-reactive ketones (excluding diaryl/α,β-unsaturated/α-hetero) is 1. The van der Waals surface area contributed by atoms with Crippen LogP contribution in [-0.4, -0.2) is 26.6 Å². The molecule has 2 aromatic carbocycles. The van der Waals surface area contributed by atoms with Crippen LogP contribution in [-0.2, 0) is 17.6 Å². The number of aromatic nitrogens is 2. The zero-order valence-corrected chi connectivity index (χ0v) is 21.6. The molecule has 0 radical (unpaired) electrons. The van der Waals surface area contributed by atoms with Crippen molar-refractivity contribution in [1.29, 1.82) is 0 Å². The molecule has 0 aliphatic heterocycles. The summed E-state index contributed by atoms with van der Waals surface area (Å²) in [6, 6.07) is 13.2. The fraction of sp³-hybridized carbons (Fsp3) is 0.231. The van der Waals surface area contributed by atoms with E-state index < -0.39 is 10.8 Å². The lowest BCUT2D eigenvalue weighted by atomic mass is 10.0. The third-order valence-corrected chi connectivity index (χ3v) is 7.48. The number of hydrogen-bond acceptors (Lipinski definition) is 8. The molecule has 1 atom stereocenters. The summed E-state index contributed by atoms with van der Waals surface area (Å²) >= 11 is 2.96. The Morgan fingerprint density at radius 1 is 1.08 bits per heavy atom. The summed E-state index contributed by atoms with van der Waals surface area (Å²) in [6.45, 7) is 5.71. The molecule has 8 nitrogen and oxygen atoms in total. The number of benzene rings is 2. The quantitative estimate of drug-likeness (QED) is 0.226. The van der Waals surface area contributed by atoms with Crippen molar-refractivity contribution in [1.82, 2.24) is 15.3 Å². The third kappa shape index (κ3) is 6.07. The lowest BCUT2D eigenvalue weighted by molar-refractivity contribution is -0.384. The van der Waals surface area contributed by atoms with Crippen molar-refractivity contribution in [2.24, 2.45) is 0 Å². The minimum Gasteiger partial charge on any atom is -0.346 e. The van der Waals surface area contributed by atoms with Gasteiger partial charge in [0.1, 0.15) is 10.8 Å². The average molecular weight is 521 g/mol. The van der Waals surface area contributed by atoms with E-state index in [9.17, 15) is 19.7 Å². The van der Waals surface area contributed by atoms with Gasteiger partial charge < -0.3 is 5.32 Å². The number of rotatable bonds is 9. The summed E-state index contributed by atoms with van der Waals surface area (Å²) in [5.41, 5.74) is 2.95. The van der Waals surface area contributed by atoms with Gasteiger partial charge >= 0.3 is 0 Å². The van der Waals surface area contributed by atoms with Crippen molar-refractivity contribution in [3.63, 3.8) is 0 Å². The number of carbonyl (C=O) groups excluding carboxylic acids is 2. The molecular formula is C26H24N4O4S2. The molecule has 184 valence electrons. The zero-order valence-electron chi connectivity index (χ0n) is 20.0. The van der Waals surface area contributed by atoms with E-state index in [-0.39, 0.29) is 35.9 Å². The number of thiazole rings is 2. The molecule has 0 aliphatic carbocycles. The Balaban J connectivity index is 1.48. The predicted molar refractivity (Wildman–Crippen MR) is 141 cm³/mol. The first-order chi connectivity index (χ1) is 17.2. The minimum absolute atomic E-state index is 0.0379. The van der Waals surface area contributed by atoms with Gasteiger partial charge in [0.2, 0.25) is 0 Å².